The van der Waals surface area contributed by atoms with Gasteiger partial charge in [-0.3, -0.25) is 0 Å². The van der Waals surface area contributed by atoms with E-state index in [-0.39, 0.29) is 16.8 Å². The molecule has 1 aromatic rings. The van der Waals surface area contributed by atoms with Gasteiger partial charge in [0.05, 0.1) is 7.11 Å². The molecule has 1 heterocycles. The first-order valence-electron chi connectivity index (χ1n) is 3.70. The van der Waals surface area contributed by atoms with Gasteiger partial charge in [0.2, 0.25) is 0 Å². The first-order valence-corrected chi connectivity index (χ1v) is 4.07. The summed E-state index contributed by atoms with van der Waals surface area (Å²) in [5, 5.41) is 0.147. The minimum Gasteiger partial charge on any atom is -0.478 e. The molecule has 0 fully saturated rings. The lowest BCUT2D eigenvalue weighted by molar-refractivity contribution is -0.159. The number of ether oxygens (including phenoxy) is 2. The zero-order valence-electron chi connectivity index (χ0n) is 7.55. The van der Waals surface area contributed by atoms with Gasteiger partial charge in [0, 0.05) is 6.92 Å². The highest BCUT2D eigenvalue weighted by Gasteiger charge is 2.25. The van der Waals surface area contributed by atoms with E-state index in [1.165, 1.54) is 19.2 Å². The maximum absolute atomic E-state index is 12.5. The van der Waals surface area contributed by atoms with E-state index in [0.717, 1.165) is 0 Å². The standard InChI is InChI=1S/C8H8ClF2NO2/c1-8(10,11)14-5-3-4-6(9)12-7(5)13-2/h3-4H,1-2H3. The number of hydrogen-bond donors (Lipinski definition) is 0. The number of hydrogen-bond acceptors (Lipinski definition) is 3. The van der Waals surface area contributed by atoms with Gasteiger partial charge in [-0.1, -0.05) is 11.6 Å². The van der Waals surface area contributed by atoms with Crippen LogP contribution >= 0.6 is 11.6 Å². The summed E-state index contributed by atoms with van der Waals surface area (Å²) in [5.74, 6) is -0.219. The van der Waals surface area contributed by atoms with E-state index in [1.807, 2.05) is 0 Å². The molecule has 6 heteroatoms. The van der Waals surface area contributed by atoms with Crippen molar-refractivity contribution >= 4 is 11.6 Å². The number of methoxy groups -OCH3 is 1. The van der Waals surface area contributed by atoms with E-state index in [1.54, 1.807) is 0 Å². The molecule has 0 spiro atoms. The van der Waals surface area contributed by atoms with E-state index in [9.17, 15) is 8.78 Å². The van der Waals surface area contributed by atoms with Crippen molar-refractivity contribution in [3.63, 3.8) is 0 Å². The largest absolute Gasteiger partial charge is 0.478 e. The minimum absolute atomic E-state index is 0.0703. The molecule has 0 bridgehead atoms. The van der Waals surface area contributed by atoms with Gasteiger partial charge in [0.15, 0.2) is 5.75 Å². The summed E-state index contributed by atoms with van der Waals surface area (Å²) >= 11 is 5.53. The summed E-state index contributed by atoms with van der Waals surface area (Å²) in [7, 11) is 1.29. The second-order valence-electron chi connectivity index (χ2n) is 2.55. The van der Waals surface area contributed by atoms with Gasteiger partial charge in [-0.2, -0.15) is 13.8 Å². The molecule has 0 amide bonds. The highest BCUT2D eigenvalue weighted by atomic mass is 35.5. The van der Waals surface area contributed by atoms with E-state index in [2.05, 4.69) is 9.72 Å². The van der Waals surface area contributed by atoms with Crippen molar-refractivity contribution in [1.29, 1.82) is 0 Å². The van der Waals surface area contributed by atoms with Crippen molar-refractivity contribution in [1.82, 2.24) is 4.98 Å². The molecule has 1 aromatic heterocycles. The Labute approximate surface area is 84.6 Å². The third kappa shape index (κ3) is 2.99. The Morgan fingerprint density at radius 2 is 2.07 bits per heavy atom. The molecule has 0 aliphatic heterocycles. The first kappa shape index (κ1) is 11.0. The average molecular weight is 224 g/mol. The molecule has 78 valence electrons. The molecule has 0 aromatic carbocycles. The van der Waals surface area contributed by atoms with Crippen molar-refractivity contribution < 1.29 is 18.3 Å². The third-order valence-electron chi connectivity index (χ3n) is 1.27. The lowest BCUT2D eigenvalue weighted by Crippen LogP contribution is -2.19. The second-order valence-corrected chi connectivity index (χ2v) is 2.94. The van der Waals surface area contributed by atoms with E-state index in [0.29, 0.717) is 6.92 Å². The predicted molar refractivity (Wildman–Crippen MR) is 47.0 cm³/mol. The molecule has 0 atom stereocenters. The Morgan fingerprint density at radius 3 is 2.57 bits per heavy atom. The predicted octanol–water partition coefficient (Wildman–Crippen LogP) is 2.74. The molecule has 0 N–H and O–H groups in total. The summed E-state index contributed by atoms with van der Waals surface area (Å²) in [4.78, 5) is 3.66. The summed E-state index contributed by atoms with van der Waals surface area (Å²) in [6.07, 6.45) is -3.28. The van der Waals surface area contributed by atoms with Crippen molar-refractivity contribution in [2.24, 2.45) is 0 Å². The second kappa shape index (κ2) is 3.96. The molecule has 0 aliphatic rings. The number of rotatable bonds is 3. The molecule has 0 radical (unpaired) electrons. The summed E-state index contributed by atoms with van der Waals surface area (Å²) in [6, 6.07) is 2.61. The lowest BCUT2D eigenvalue weighted by Gasteiger charge is -2.14. The van der Waals surface area contributed by atoms with Crippen molar-refractivity contribution in [2.45, 2.75) is 13.0 Å². The van der Waals surface area contributed by atoms with Gasteiger partial charge < -0.3 is 9.47 Å². The van der Waals surface area contributed by atoms with Crippen molar-refractivity contribution in [3.8, 4) is 11.6 Å². The lowest BCUT2D eigenvalue weighted by atomic mass is 10.4. The van der Waals surface area contributed by atoms with Crippen LogP contribution in [0.5, 0.6) is 11.6 Å². The molecule has 3 nitrogen and oxygen atoms in total. The van der Waals surface area contributed by atoms with Gasteiger partial charge in [0.25, 0.3) is 5.88 Å². The molecular formula is C8H8ClF2NO2. The zero-order chi connectivity index (χ0) is 10.8. The van der Waals surface area contributed by atoms with Gasteiger partial charge in [0.1, 0.15) is 5.15 Å². The van der Waals surface area contributed by atoms with Gasteiger partial charge in [-0.15, -0.1) is 0 Å². The monoisotopic (exact) mass is 223 g/mol. The van der Waals surface area contributed by atoms with Crippen LogP contribution in [0.25, 0.3) is 0 Å². The van der Waals surface area contributed by atoms with Crippen LogP contribution in [0, 0.1) is 0 Å². The molecule has 0 unspecified atom stereocenters. The fourth-order valence-corrected chi connectivity index (χ4v) is 0.962. The number of aromatic nitrogens is 1. The third-order valence-corrected chi connectivity index (χ3v) is 1.48. The summed E-state index contributed by atoms with van der Waals surface area (Å²) in [5.41, 5.74) is 0. The average Bonchev–Trinajstić information content (AvgIpc) is 2.06. The van der Waals surface area contributed by atoms with Crippen LogP contribution in [0.4, 0.5) is 8.78 Å². The van der Waals surface area contributed by atoms with Crippen molar-refractivity contribution in [3.05, 3.63) is 17.3 Å². The van der Waals surface area contributed by atoms with E-state index in [4.69, 9.17) is 16.3 Å². The van der Waals surface area contributed by atoms with Gasteiger partial charge in [-0.05, 0) is 12.1 Å². The molecule has 0 saturated carbocycles. The number of alkyl halides is 2. The quantitative estimate of drug-likeness (QED) is 0.739. The maximum Gasteiger partial charge on any atom is 0.395 e. The van der Waals surface area contributed by atoms with Crippen LogP contribution in [0.1, 0.15) is 6.92 Å². The Bertz CT molecular complexity index is 328. The Balaban J connectivity index is 2.97. The topological polar surface area (TPSA) is 31.4 Å². The fraction of sp³-hybridized carbons (Fsp3) is 0.375. The van der Waals surface area contributed by atoms with Gasteiger partial charge in [-0.25, -0.2) is 0 Å². The molecule has 1 rings (SSSR count). The van der Waals surface area contributed by atoms with Crippen LogP contribution in [0.3, 0.4) is 0 Å². The highest BCUT2D eigenvalue weighted by Crippen LogP contribution is 2.30. The Hall–Kier alpha value is -1.10. The van der Waals surface area contributed by atoms with Crippen LogP contribution in [0.2, 0.25) is 5.15 Å². The van der Waals surface area contributed by atoms with E-state index >= 15 is 0 Å². The number of nitrogens with zero attached hydrogens (tertiary/aromatic N) is 1. The van der Waals surface area contributed by atoms with Crippen LogP contribution < -0.4 is 9.47 Å². The summed E-state index contributed by atoms with van der Waals surface area (Å²) in [6.45, 7) is 0.626. The molecule has 14 heavy (non-hydrogen) atoms. The van der Waals surface area contributed by atoms with Crippen LogP contribution in [-0.4, -0.2) is 18.2 Å². The highest BCUT2D eigenvalue weighted by molar-refractivity contribution is 6.29. The van der Waals surface area contributed by atoms with Crippen LogP contribution in [-0.2, 0) is 0 Å². The smallest absolute Gasteiger partial charge is 0.395 e. The van der Waals surface area contributed by atoms with E-state index < -0.39 is 6.11 Å². The van der Waals surface area contributed by atoms with Crippen LogP contribution in [0.15, 0.2) is 12.1 Å². The zero-order valence-corrected chi connectivity index (χ0v) is 8.31. The maximum atomic E-state index is 12.5. The van der Waals surface area contributed by atoms with Gasteiger partial charge >= 0.3 is 6.11 Å². The number of halogens is 3. The summed E-state index contributed by atoms with van der Waals surface area (Å²) < 4.78 is 34.0. The molecular weight excluding hydrogens is 216 g/mol. The van der Waals surface area contributed by atoms with Crippen molar-refractivity contribution in [2.75, 3.05) is 7.11 Å². The Kier molecular flexibility index (Phi) is 3.10. The SMILES string of the molecule is COc1nc(Cl)ccc1OC(C)(F)F. The normalized spacial score (nSPS) is 11.2. The molecule has 0 saturated heterocycles. The number of pyridine rings is 1. The first-order chi connectivity index (χ1) is 6.42. The Morgan fingerprint density at radius 1 is 1.43 bits per heavy atom. The fourth-order valence-electron chi connectivity index (χ4n) is 0.822. The minimum atomic E-state index is -3.28. The molecule has 0 aliphatic carbocycles.